The zero-order chi connectivity index (χ0) is 11.1. The van der Waals surface area contributed by atoms with Gasteiger partial charge in [-0.1, -0.05) is 26.2 Å². The molecule has 3 heteroatoms. The first kappa shape index (κ1) is 10.9. The minimum Gasteiger partial charge on any atom is -0.386 e. The number of β-amino-alcohol motifs (C(OH)–C–C–N with tert-alkyl or cyclic N) is 1. The molecular formula is C12H21NO2. The van der Waals surface area contributed by atoms with Crippen molar-refractivity contribution in [1.82, 2.24) is 4.90 Å². The van der Waals surface area contributed by atoms with E-state index in [4.69, 9.17) is 0 Å². The summed E-state index contributed by atoms with van der Waals surface area (Å²) < 4.78 is 0. The molecule has 0 bridgehead atoms. The molecule has 1 saturated heterocycles. The molecule has 1 heterocycles. The fraction of sp³-hybridized carbons (Fsp3) is 0.917. The second-order valence-corrected chi connectivity index (χ2v) is 5.78. The number of likely N-dealkylation sites (tertiary alicyclic amines) is 1. The lowest BCUT2D eigenvalue weighted by molar-refractivity contribution is -0.164. The smallest absolute Gasteiger partial charge is 0.228 e. The van der Waals surface area contributed by atoms with Crippen LogP contribution in [0, 0.1) is 5.41 Å². The molecule has 1 amide bonds. The van der Waals surface area contributed by atoms with Crippen molar-refractivity contribution >= 4 is 5.91 Å². The molecule has 1 aliphatic heterocycles. The summed E-state index contributed by atoms with van der Waals surface area (Å²) in [5.74, 6) is 0.258. The van der Waals surface area contributed by atoms with E-state index in [1.165, 1.54) is 19.3 Å². The van der Waals surface area contributed by atoms with E-state index < -0.39 is 5.60 Å². The van der Waals surface area contributed by atoms with Gasteiger partial charge in [0.25, 0.3) is 0 Å². The van der Waals surface area contributed by atoms with Gasteiger partial charge in [0, 0.05) is 5.41 Å². The van der Waals surface area contributed by atoms with Gasteiger partial charge in [-0.15, -0.1) is 0 Å². The third-order valence-corrected chi connectivity index (χ3v) is 3.82. The van der Waals surface area contributed by atoms with Crippen molar-refractivity contribution in [2.45, 2.75) is 51.6 Å². The van der Waals surface area contributed by atoms with Crippen molar-refractivity contribution in [3.63, 3.8) is 0 Å². The Balaban J connectivity index is 1.96. The standard InChI is InChI=1S/C12H21NO2/c1-11(6-4-3-5-7-11)10(14)13-8-12(2,15)9-13/h15H,3-9H2,1-2H3. The Kier molecular flexibility index (Phi) is 2.53. The van der Waals surface area contributed by atoms with Crippen LogP contribution in [0.4, 0.5) is 0 Å². The number of rotatable bonds is 1. The first-order chi connectivity index (χ1) is 6.93. The van der Waals surface area contributed by atoms with E-state index in [0.29, 0.717) is 13.1 Å². The number of hydrogen-bond donors (Lipinski definition) is 1. The van der Waals surface area contributed by atoms with Crippen LogP contribution in [0.3, 0.4) is 0 Å². The van der Waals surface area contributed by atoms with Gasteiger partial charge in [0.05, 0.1) is 18.7 Å². The van der Waals surface area contributed by atoms with Crippen molar-refractivity contribution in [3.8, 4) is 0 Å². The van der Waals surface area contributed by atoms with Crippen molar-refractivity contribution in [1.29, 1.82) is 0 Å². The first-order valence-electron chi connectivity index (χ1n) is 5.95. The second kappa shape index (κ2) is 3.48. The molecule has 0 spiro atoms. The maximum Gasteiger partial charge on any atom is 0.228 e. The minimum atomic E-state index is -0.638. The second-order valence-electron chi connectivity index (χ2n) is 5.78. The van der Waals surface area contributed by atoms with E-state index in [9.17, 15) is 9.90 Å². The number of carbonyl (C=O) groups excluding carboxylic acids is 1. The lowest BCUT2D eigenvalue weighted by Gasteiger charge is -2.48. The monoisotopic (exact) mass is 211 g/mol. The van der Waals surface area contributed by atoms with Crippen LogP contribution in [0.15, 0.2) is 0 Å². The average molecular weight is 211 g/mol. The summed E-state index contributed by atoms with van der Waals surface area (Å²) in [6.45, 7) is 4.91. The highest BCUT2D eigenvalue weighted by Crippen LogP contribution is 2.39. The number of carbonyl (C=O) groups is 1. The molecule has 0 atom stereocenters. The number of aliphatic hydroxyl groups is 1. The third kappa shape index (κ3) is 2.03. The molecule has 2 fully saturated rings. The van der Waals surface area contributed by atoms with Gasteiger partial charge >= 0.3 is 0 Å². The number of hydrogen-bond acceptors (Lipinski definition) is 2. The number of nitrogens with zero attached hydrogens (tertiary/aromatic N) is 1. The molecule has 3 nitrogen and oxygen atoms in total. The van der Waals surface area contributed by atoms with Crippen molar-refractivity contribution in [2.24, 2.45) is 5.41 Å². The molecule has 0 aromatic rings. The number of amides is 1. The van der Waals surface area contributed by atoms with Gasteiger partial charge in [-0.2, -0.15) is 0 Å². The summed E-state index contributed by atoms with van der Waals surface area (Å²) in [6.07, 6.45) is 5.65. The maximum atomic E-state index is 12.2. The van der Waals surface area contributed by atoms with Crippen LogP contribution < -0.4 is 0 Å². The zero-order valence-electron chi connectivity index (χ0n) is 9.75. The van der Waals surface area contributed by atoms with E-state index in [0.717, 1.165) is 12.8 Å². The first-order valence-corrected chi connectivity index (χ1v) is 5.95. The van der Waals surface area contributed by atoms with E-state index in [-0.39, 0.29) is 11.3 Å². The average Bonchev–Trinajstić information content (AvgIpc) is 2.14. The quantitative estimate of drug-likeness (QED) is 0.715. The van der Waals surface area contributed by atoms with Gasteiger partial charge in [-0.25, -0.2) is 0 Å². The summed E-state index contributed by atoms with van der Waals surface area (Å²) in [5.41, 5.74) is -0.782. The van der Waals surface area contributed by atoms with Crippen LogP contribution in [-0.4, -0.2) is 34.6 Å². The molecular weight excluding hydrogens is 190 g/mol. The van der Waals surface area contributed by atoms with Gasteiger partial charge in [0.15, 0.2) is 0 Å². The van der Waals surface area contributed by atoms with Crippen LogP contribution in [0.25, 0.3) is 0 Å². The molecule has 1 aliphatic carbocycles. The Labute approximate surface area is 91.5 Å². The lowest BCUT2D eigenvalue weighted by atomic mass is 9.73. The van der Waals surface area contributed by atoms with Gasteiger partial charge in [-0.3, -0.25) is 4.79 Å². The fourth-order valence-corrected chi connectivity index (χ4v) is 2.85. The molecule has 2 rings (SSSR count). The topological polar surface area (TPSA) is 40.5 Å². The minimum absolute atomic E-state index is 0.144. The normalized spacial score (nSPS) is 28.3. The van der Waals surface area contributed by atoms with E-state index in [1.807, 2.05) is 4.90 Å². The van der Waals surface area contributed by atoms with Crippen LogP contribution >= 0.6 is 0 Å². The molecule has 86 valence electrons. The maximum absolute atomic E-state index is 12.2. The van der Waals surface area contributed by atoms with Crippen LogP contribution in [0.5, 0.6) is 0 Å². The third-order valence-electron chi connectivity index (χ3n) is 3.82. The molecule has 0 unspecified atom stereocenters. The van der Waals surface area contributed by atoms with Crippen LogP contribution in [0.1, 0.15) is 46.0 Å². The molecule has 1 saturated carbocycles. The van der Waals surface area contributed by atoms with E-state index in [1.54, 1.807) is 6.92 Å². The predicted octanol–water partition coefficient (Wildman–Crippen LogP) is 1.55. The van der Waals surface area contributed by atoms with Crippen LogP contribution in [0.2, 0.25) is 0 Å². The highest BCUT2D eigenvalue weighted by Gasteiger charge is 2.45. The van der Waals surface area contributed by atoms with E-state index >= 15 is 0 Å². The molecule has 1 N–H and O–H groups in total. The van der Waals surface area contributed by atoms with Gasteiger partial charge < -0.3 is 10.0 Å². The van der Waals surface area contributed by atoms with Gasteiger partial charge in [0.2, 0.25) is 5.91 Å². The largest absolute Gasteiger partial charge is 0.386 e. The highest BCUT2D eigenvalue weighted by molar-refractivity contribution is 5.83. The summed E-state index contributed by atoms with van der Waals surface area (Å²) >= 11 is 0. The van der Waals surface area contributed by atoms with Crippen LogP contribution in [-0.2, 0) is 4.79 Å². The molecule has 0 radical (unpaired) electrons. The Morgan fingerprint density at radius 2 is 1.67 bits per heavy atom. The SMILES string of the molecule is CC1(O)CN(C(=O)C2(C)CCCCC2)C1. The van der Waals surface area contributed by atoms with E-state index in [2.05, 4.69) is 6.92 Å². The fourth-order valence-electron chi connectivity index (χ4n) is 2.85. The molecule has 2 aliphatic rings. The summed E-state index contributed by atoms with van der Waals surface area (Å²) in [5, 5.41) is 9.62. The predicted molar refractivity (Wildman–Crippen MR) is 58.4 cm³/mol. The van der Waals surface area contributed by atoms with Crippen molar-refractivity contribution < 1.29 is 9.90 Å². The summed E-state index contributed by atoms with van der Waals surface area (Å²) in [6, 6.07) is 0. The van der Waals surface area contributed by atoms with Gasteiger partial charge in [0.1, 0.15) is 0 Å². The molecule has 0 aromatic carbocycles. The van der Waals surface area contributed by atoms with Crippen molar-refractivity contribution in [2.75, 3.05) is 13.1 Å². The Hall–Kier alpha value is -0.570. The molecule has 15 heavy (non-hydrogen) atoms. The highest BCUT2D eigenvalue weighted by atomic mass is 16.3. The summed E-state index contributed by atoms with van der Waals surface area (Å²) in [7, 11) is 0. The Morgan fingerprint density at radius 1 is 1.13 bits per heavy atom. The van der Waals surface area contributed by atoms with Gasteiger partial charge in [-0.05, 0) is 19.8 Å². The Bertz CT molecular complexity index is 259. The van der Waals surface area contributed by atoms with Crippen molar-refractivity contribution in [3.05, 3.63) is 0 Å². The Morgan fingerprint density at radius 3 is 2.13 bits per heavy atom. The summed E-state index contributed by atoms with van der Waals surface area (Å²) in [4.78, 5) is 14.0. The zero-order valence-corrected chi connectivity index (χ0v) is 9.75. The molecule has 0 aromatic heterocycles. The lowest BCUT2D eigenvalue weighted by Crippen LogP contribution is -2.64.